The summed E-state index contributed by atoms with van der Waals surface area (Å²) in [6.07, 6.45) is 7.48. The van der Waals surface area contributed by atoms with E-state index in [9.17, 15) is 0 Å². The van der Waals surface area contributed by atoms with Crippen LogP contribution in [0.15, 0.2) is 12.4 Å². The van der Waals surface area contributed by atoms with Crippen molar-refractivity contribution in [2.75, 3.05) is 6.61 Å². The van der Waals surface area contributed by atoms with Crippen LogP contribution in [0.1, 0.15) is 45.0 Å². The van der Waals surface area contributed by atoms with Crippen molar-refractivity contribution < 1.29 is 4.74 Å². The molecule has 1 atom stereocenters. The van der Waals surface area contributed by atoms with Gasteiger partial charge in [0.15, 0.2) is 0 Å². The maximum atomic E-state index is 5.55. The molecule has 0 radical (unpaired) electrons. The summed E-state index contributed by atoms with van der Waals surface area (Å²) in [6.45, 7) is 5.06. The molecule has 1 aromatic rings. The smallest absolute Gasteiger partial charge is 0.123 e. The number of H-pyrrole nitrogens is 1. The molecule has 4 heteroatoms. The molecule has 1 aromatic heterocycles. The molecule has 1 aliphatic rings. The number of aromatic amines is 1. The molecule has 4 nitrogen and oxygen atoms in total. The Kier molecular flexibility index (Phi) is 3.96. The molecule has 0 aromatic carbocycles. The Balaban J connectivity index is 1.77. The Hall–Kier alpha value is -0.870. The van der Waals surface area contributed by atoms with Crippen LogP contribution in [-0.2, 0) is 4.74 Å². The van der Waals surface area contributed by atoms with Gasteiger partial charge in [0, 0.05) is 25.0 Å². The minimum Gasteiger partial charge on any atom is -0.378 e. The lowest BCUT2D eigenvalue weighted by Gasteiger charge is -2.37. The number of hydrogen-bond donors (Lipinski definition) is 2. The largest absolute Gasteiger partial charge is 0.378 e. The van der Waals surface area contributed by atoms with Gasteiger partial charge in [-0.25, -0.2) is 4.98 Å². The first kappa shape index (κ1) is 11.6. The van der Waals surface area contributed by atoms with Crippen LogP contribution in [0, 0.1) is 0 Å². The topological polar surface area (TPSA) is 49.9 Å². The van der Waals surface area contributed by atoms with Gasteiger partial charge >= 0.3 is 0 Å². The Morgan fingerprint density at radius 2 is 2.38 bits per heavy atom. The molecular weight excluding hydrogens is 202 g/mol. The highest BCUT2D eigenvalue weighted by Gasteiger charge is 2.31. The first-order chi connectivity index (χ1) is 7.83. The lowest BCUT2D eigenvalue weighted by molar-refractivity contribution is -0.0128. The lowest BCUT2D eigenvalue weighted by atomic mass is 9.88. The molecule has 0 amide bonds. The van der Waals surface area contributed by atoms with Gasteiger partial charge in [-0.15, -0.1) is 0 Å². The standard InChI is InChI=1S/C12H21N3O/c1-3-11(12-13-5-6-14-12)15-9-7-10(8-9)16-4-2/h5-6,9-11,15H,3-4,7-8H2,1-2H3,(H,13,14). The van der Waals surface area contributed by atoms with Crippen LogP contribution in [0.3, 0.4) is 0 Å². The summed E-state index contributed by atoms with van der Waals surface area (Å²) >= 11 is 0. The first-order valence-corrected chi connectivity index (χ1v) is 6.20. The highest BCUT2D eigenvalue weighted by atomic mass is 16.5. The van der Waals surface area contributed by atoms with Crippen LogP contribution in [0.4, 0.5) is 0 Å². The molecule has 0 saturated heterocycles. The van der Waals surface area contributed by atoms with Crippen molar-refractivity contribution in [2.24, 2.45) is 0 Å². The lowest BCUT2D eigenvalue weighted by Crippen LogP contribution is -2.46. The highest BCUT2D eigenvalue weighted by Crippen LogP contribution is 2.26. The van der Waals surface area contributed by atoms with Crippen LogP contribution >= 0.6 is 0 Å². The minimum absolute atomic E-state index is 0.350. The van der Waals surface area contributed by atoms with Gasteiger partial charge in [0.2, 0.25) is 0 Å². The fourth-order valence-electron chi connectivity index (χ4n) is 2.22. The van der Waals surface area contributed by atoms with E-state index in [1.165, 1.54) is 0 Å². The Morgan fingerprint density at radius 1 is 1.56 bits per heavy atom. The molecule has 16 heavy (non-hydrogen) atoms. The van der Waals surface area contributed by atoms with Crippen LogP contribution in [0.2, 0.25) is 0 Å². The van der Waals surface area contributed by atoms with Crippen molar-refractivity contribution in [3.05, 3.63) is 18.2 Å². The molecule has 2 rings (SSSR count). The van der Waals surface area contributed by atoms with Crippen molar-refractivity contribution in [1.82, 2.24) is 15.3 Å². The molecule has 0 aliphatic heterocycles. The van der Waals surface area contributed by atoms with Gasteiger partial charge in [-0.3, -0.25) is 0 Å². The van der Waals surface area contributed by atoms with E-state index in [2.05, 4.69) is 29.1 Å². The Morgan fingerprint density at radius 3 is 2.94 bits per heavy atom. The average molecular weight is 223 g/mol. The number of nitrogens with zero attached hydrogens (tertiary/aromatic N) is 1. The van der Waals surface area contributed by atoms with Gasteiger partial charge in [0.05, 0.1) is 12.1 Å². The van der Waals surface area contributed by atoms with E-state index in [0.29, 0.717) is 18.2 Å². The third kappa shape index (κ3) is 2.62. The molecule has 1 heterocycles. The van der Waals surface area contributed by atoms with Crippen LogP contribution in [0.5, 0.6) is 0 Å². The van der Waals surface area contributed by atoms with Gasteiger partial charge in [-0.1, -0.05) is 6.92 Å². The molecular formula is C12H21N3O. The fourth-order valence-corrected chi connectivity index (χ4v) is 2.22. The summed E-state index contributed by atoms with van der Waals surface area (Å²) in [5, 5.41) is 3.62. The van der Waals surface area contributed by atoms with Crippen molar-refractivity contribution in [2.45, 2.75) is 51.3 Å². The average Bonchev–Trinajstić information content (AvgIpc) is 2.74. The van der Waals surface area contributed by atoms with Gasteiger partial charge in [0.1, 0.15) is 5.82 Å². The monoisotopic (exact) mass is 223 g/mol. The number of imidazole rings is 1. The van der Waals surface area contributed by atoms with E-state index < -0.39 is 0 Å². The molecule has 2 N–H and O–H groups in total. The van der Waals surface area contributed by atoms with Crippen molar-refractivity contribution in [1.29, 1.82) is 0 Å². The molecule has 0 bridgehead atoms. The maximum Gasteiger partial charge on any atom is 0.123 e. The minimum atomic E-state index is 0.350. The summed E-state index contributed by atoms with van der Waals surface area (Å²) in [7, 11) is 0. The van der Waals surface area contributed by atoms with E-state index >= 15 is 0 Å². The Bertz CT molecular complexity index is 293. The highest BCUT2D eigenvalue weighted by molar-refractivity contribution is 4.98. The summed E-state index contributed by atoms with van der Waals surface area (Å²) in [5.74, 6) is 1.04. The zero-order valence-electron chi connectivity index (χ0n) is 10.1. The molecule has 90 valence electrons. The zero-order chi connectivity index (χ0) is 11.4. The van der Waals surface area contributed by atoms with Crippen LogP contribution in [0.25, 0.3) is 0 Å². The molecule has 1 unspecified atom stereocenters. The van der Waals surface area contributed by atoms with E-state index in [1.807, 2.05) is 12.4 Å². The number of ether oxygens (including phenoxy) is 1. The number of nitrogens with one attached hydrogen (secondary N) is 2. The normalized spacial score (nSPS) is 26.4. The van der Waals surface area contributed by atoms with Gasteiger partial charge in [0.25, 0.3) is 0 Å². The second-order valence-electron chi connectivity index (χ2n) is 4.35. The quantitative estimate of drug-likeness (QED) is 0.775. The third-order valence-corrected chi connectivity index (χ3v) is 3.19. The SMILES string of the molecule is CCOC1CC(NC(CC)c2ncc[nH]2)C1. The van der Waals surface area contributed by atoms with Crippen molar-refractivity contribution >= 4 is 0 Å². The second-order valence-corrected chi connectivity index (χ2v) is 4.35. The first-order valence-electron chi connectivity index (χ1n) is 6.20. The molecule has 1 saturated carbocycles. The van der Waals surface area contributed by atoms with E-state index in [1.54, 1.807) is 0 Å². The van der Waals surface area contributed by atoms with Crippen LogP contribution < -0.4 is 5.32 Å². The molecule has 0 spiro atoms. The fraction of sp³-hybridized carbons (Fsp3) is 0.750. The summed E-state index contributed by atoms with van der Waals surface area (Å²) < 4.78 is 5.55. The van der Waals surface area contributed by atoms with E-state index in [-0.39, 0.29) is 0 Å². The van der Waals surface area contributed by atoms with E-state index in [4.69, 9.17) is 4.74 Å². The molecule has 1 fully saturated rings. The zero-order valence-corrected chi connectivity index (χ0v) is 10.1. The molecule has 1 aliphatic carbocycles. The van der Waals surface area contributed by atoms with Crippen molar-refractivity contribution in [3.63, 3.8) is 0 Å². The van der Waals surface area contributed by atoms with Crippen LogP contribution in [-0.4, -0.2) is 28.7 Å². The number of hydrogen-bond acceptors (Lipinski definition) is 3. The van der Waals surface area contributed by atoms with Gasteiger partial charge in [-0.05, 0) is 26.2 Å². The predicted octanol–water partition coefficient (Wildman–Crippen LogP) is 2.02. The van der Waals surface area contributed by atoms with E-state index in [0.717, 1.165) is 31.7 Å². The third-order valence-electron chi connectivity index (χ3n) is 3.19. The second kappa shape index (κ2) is 5.46. The maximum absolute atomic E-state index is 5.55. The summed E-state index contributed by atoms with van der Waals surface area (Å²) in [4.78, 5) is 7.48. The van der Waals surface area contributed by atoms with Gasteiger partial charge in [-0.2, -0.15) is 0 Å². The Labute approximate surface area is 96.8 Å². The predicted molar refractivity (Wildman–Crippen MR) is 63.2 cm³/mol. The van der Waals surface area contributed by atoms with Crippen molar-refractivity contribution in [3.8, 4) is 0 Å². The van der Waals surface area contributed by atoms with Gasteiger partial charge < -0.3 is 15.0 Å². The number of aromatic nitrogens is 2. The number of rotatable bonds is 6. The summed E-state index contributed by atoms with van der Waals surface area (Å²) in [6, 6.07) is 0.939. The summed E-state index contributed by atoms with van der Waals surface area (Å²) in [5.41, 5.74) is 0.